The molecule has 0 spiro atoms. The molecule has 96 valence electrons. The predicted molar refractivity (Wildman–Crippen MR) is 70.3 cm³/mol. The number of H-pyrrole nitrogens is 1. The first-order valence-corrected chi connectivity index (χ1v) is 6.08. The number of aromatic nitrogens is 2. The fraction of sp³-hybridized carbons (Fsp3) is 0.667. The Labute approximate surface area is 102 Å². The monoisotopic (exact) mass is 238 g/mol. The average molecular weight is 238 g/mol. The van der Waals surface area contributed by atoms with Crippen LogP contribution in [0.15, 0.2) is 17.1 Å². The third-order valence-corrected chi connectivity index (χ3v) is 2.81. The van der Waals surface area contributed by atoms with E-state index in [0.717, 1.165) is 31.6 Å². The number of hydrogen-bond donors (Lipinski definition) is 2. The van der Waals surface area contributed by atoms with Crippen LogP contribution >= 0.6 is 0 Å². The summed E-state index contributed by atoms with van der Waals surface area (Å²) in [5.41, 5.74) is 0.612. The quantitative estimate of drug-likeness (QED) is 0.703. The van der Waals surface area contributed by atoms with Gasteiger partial charge in [0.1, 0.15) is 0 Å². The van der Waals surface area contributed by atoms with E-state index < -0.39 is 0 Å². The minimum atomic E-state index is -0.172. The van der Waals surface area contributed by atoms with E-state index in [2.05, 4.69) is 41.3 Å². The number of nitrogens with one attached hydrogen (secondary N) is 2. The molecule has 0 amide bonds. The van der Waals surface area contributed by atoms with E-state index in [1.807, 2.05) is 0 Å². The third kappa shape index (κ3) is 5.49. The molecule has 0 saturated carbocycles. The van der Waals surface area contributed by atoms with E-state index in [9.17, 15) is 4.79 Å². The maximum absolute atomic E-state index is 11.0. The standard InChI is InChI=1S/C12H22N4O/c1-10(2)16(3)7-5-4-6-13-11-8-12(17)15-14-9-11/h8-10H,4-7H2,1-3H3,(H2,13,15,17). The number of rotatable bonds is 7. The van der Waals surface area contributed by atoms with Gasteiger partial charge in [0.05, 0.1) is 11.9 Å². The fourth-order valence-corrected chi connectivity index (χ4v) is 1.45. The first kappa shape index (κ1) is 13.7. The van der Waals surface area contributed by atoms with Crippen LogP contribution in [0.3, 0.4) is 0 Å². The van der Waals surface area contributed by atoms with Crippen LogP contribution in [0, 0.1) is 0 Å². The number of hydrogen-bond acceptors (Lipinski definition) is 4. The highest BCUT2D eigenvalue weighted by Crippen LogP contribution is 2.01. The largest absolute Gasteiger partial charge is 0.384 e. The van der Waals surface area contributed by atoms with Gasteiger partial charge in [0.25, 0.3) is 5.56 Å². The summed E-state index contributed by atoms with van der Waals surface area (Å²) in [4.78, 5) is 13.3. The second-order valence-electron chi connectivity index (χ2n) is 4.54. The molecule has 0 aliphatic heterocycles. The van der Waals surface area contributed by atoms with Crippen LogP contribution in [0.1, 0.15) is 26.7 Å². The predicted octanol–water partition coefficient (Wildman–Crippen LogP) is 1.30. The maximum atomic E-state index is 11.0. The minimum Gasteiger partial charge on any atom is -0.384 e. The van der Waals surface area contributed by atoms with Crippen LogP contribution in [0.2, 0.25) is 0 Å². The summed E-state index contributed by atoms with van der Waals surface area (Å²) in [5.74, 6) is 0. The van der Waals surface area contributed by atoms with Crippen LogP contribution in [0.4, 0.5) is 5.69 Å². The van der Waals surface area contributed by atoms with Crippen molar-refractivity contribution in [3.63, 3.8) is 0 Å². The fourth-order valence-electron chi connectivity index (χ4n) is 1.45. The Bertz CT molecular complexity index is 375. The van der Waals surface area contributed by atoms with Gasteiger partial charge in [-0.25, -0.2) is 5.10 Å². The zero-order valence-electron chi connectivity index (χ0n) is 10.9. The van der Waals surface area contributed by atoms with E-state index in [1.165, 1.54) is 6.07 Å². The van der Waals surface area contributed by atoms with Crippen molar-refractivity contribution in [1.82, 2.24) is 15.1 Å². The maximum Gasteiger partial charge on any atom is 0.266 e. The third-order valence-electron chi connectivity index (χ3n) is 2.81. The second kappa shape index (κ2) is 7.06. The van der Waals surface area contributed by atoms with E-state index in [-0.39, 0.29) is 5.56 Å². The van der Waals surface area contributed by atoms with E-state index in [1.54, 1.807) is 6.20 Å². The number of anilines is 1. The molecule has 0 aromatic carbocycles. The zero-order chi connectivity index (χ0) is 12.7. The van der Waals surface area contributed by atoms with Gasteiger partial charge in [0.15, 0.2) is 0 Å². The van der Waals surface area contributed by atoms with Gasteiger partial charge < -0.3 is 10.2 Å². The van der Waals surface area contributed by atoms with E-state index in [0.29, 0.717) is 6.04 Å². The van der Waals surface area contributed by atoms with Crippen molar-refractivity contribution < 1.29 is 0 Å². The van der Waals surface area contributed by atoms with Gasteiger partial charge in [0, 0.05) is 18.7 Å². The Morgan fingerprint density at radius 3 is 2.88 bits per heavy atom. The molecule has 0 atom stereocenters. The molecule has 0 saturated heterocycles. The molecule has 0 bridgehead atoms. The van der Waals surface area contributed by atoms with Crippen molar-refractivity contribution in [2.45, 2.75) is 32.7 Å². The van der Waals surface area contributed by atoms with Crippen molar-refractivity contribution in [3.05, 3.63) is 22.6 Å². The van der Waals surface area contributed by atoms with Crippen molar-refractivity contribution >= 4 is 5.69 Å². The summed E-state index contributed by atoms with van der Waals surface area (Å²) >= 11 is 0. The van der Waals surface area contributed by atoms with Crippen molar-refractivity contribution in [1.29, 1.82) is 0 Å². The van der Waals surface area contributed by atoms with Crippen molar-refractivity contribution in [2.75, 3.05) is 25.5 Å². The lowest BCUT2D eigenvalue weighted by Gasteiger charge is -2.20. The molecular weight excluding hydrogens is 216 g/mol. The number of unbranched alkanes of at least 4 members (excludes halogenated alkanes) is 1. The van der Waals surface area contributed by atoms with E-state index in [4.69, 9.17) is 0 Å². The normalized spacial score (nSPS) is 11.1. The van der Waals surface area contributed by atoms with Crippen LogP contribution in [-0.2, 0) is 0 Å². The molecule has 0 fully saturated rings. The molecule has 2 N–H and O–H groups in total. The Hall–Kier alpha value is -1.36. The lowest BCUT2D eigenvalue weighted by atomic mass is 10.2. The molecule has 0 radical (unpaired) electrons. The van der Waals surface area contributed by atoms with Gasteiger partial charge in [-0.1, -0.05) is 0 Å². The Morgan fingerprint density at radius 2 is 2.24 bits per heavy atom. The molecule has 1 aromatic heterocycles. The van der Waals surface area contributed by atoms with Gasteiger partial charge >= 0.3 is 0 Å². The Balaban J connectivity index is 2.14. The summed E-state index contributed by atoms with van der Waals surface area (Å²) in [6.07, 6.45) is 3.86. The van der Waals surface area contributed by atoms with Crippen LogP contribution < -0.4 is 10.9 Å². The van der Waals surface area contributed by atoms with Crippen LogP contribution in [-0.4, -0.2) is 41.3 Å². The molecule has 1 rings (SSSR count). The average Bonchev–Trinajstić information content (AvgIpc) is 2.28. The van der Waals surface area contributed by atoms with Crippen molar-refractivity contribution in [3.8, 4) is 0 Å². The van der Waals surface area contributed by atoms with Gasteiger partial charge in [0.2, 0.25) is 0 Å². The van der Waals surface area contributed by atoms with Crippen LogP contribution in [0.25, 0.3) is 0 Å². The smallest absolute Gasteiger partial charge is 0.266 e. The second-order valence-corrected chi connectivity index (χ2v) is 4.54. The summed E-state index contributed by atoms with van der Waals surface area (Å²) in [5, 5.41) is 9.26. The summed E-state index contributed by atoms with van der Waals surface area (Å²) in [7, 11) is 2.14. The van der Waals surface area contributed by atoms with Crippen molar-refractivity contribution in [2.24, 2.45) is 0 Å². The SMILES string of the molecule is CC(C)N(C)CCCCNc1cn[nH]c(=O)c1. The highest BCUT2D eigenvalue weighted by atomic mass is 16.1. The highest BCUT2D eigenvalue weighted by molar-refractivity contribution is 5.38. The lowest BCUT2D eigenvalue weighted by Crippen LogP contribution is -2.27. The molecule has 5 nitrogen and oxygen atoms in total. The molecule has 5 heteroatoms. The van der Waals surface area contributed by atoms with Gasteiger partial charge in [-0.05, 0) is 40.3 Å². The first-order valence-electron chi connectivity index (χ1n) is 6.08. The highest BCUT2D eigenvalue weighted by Gasteiger charge is 2.01. The molecule has 1 heterocycles. The zero-order valence-corrected chi connectivity index (χ0v) is 10.9. The minimum absolute atomic E-state index is 0.172. The first-order chi connectivity index (χ1) is 8.09. The molecule has 1 aromatic rings. The van der Waals surface area contributed by atoms with Gasteiger partial charge in [-0.3, -0.25) is 4.79 Å². The summed E-state index contributed by atoms with van der Waals surface area (Å²) in [6, 6.07) is 2.12. The Morgan fingerprint density at radius 1 is 1.47 bits per heavy atom. The molecule has 0 unspecified atom stereocenters. The molecular formula is C12H22N4O. The Kier molecular flexibility index (Phi) is 5.69. The topological polar surface area (TPSA) is 61.0 Å². The number of aromatic amines is 1. The molecule has 17 heavy (non-hydrogen) atoms. The lowest BCUT2D eigenvalue weighted by molar-refractivity contribution is 0.269. The summed E-state index contributed by atoms with van der Waals surface area (Å²) in [6.45, 7) is 6.37. The van der Waals surface area contributed by atoms with E-state index >= 15 is 0 Å². The molecule has 0 aliphatic rings. The van der Waals surface area contributed by atoms with Crippen LogP contribution in [0.5, 0.6) is 0 Å². The summed E-state index contributed by atoms with van der Waals surface area (Å²) < 4.78 is 0. The molecule has 0 aliphatic carbocycles. The van der Waals surface area contributed by atoms with Gasteiger partial charge in [-0.2, -0.15) is 5.10 Å². The van der Waals surface area contributed by atoms with Gasteiger partial charge in [-0.15, -0.1) is 0 Å². The number of nitrogens with zero attached hydrogens (tertiary/aromatic N) is 2.